The predicted octanol–water partition coefficient (Wildman–Crippen LogP) is 1.71. The summed E-state index contributed by atoms with van der Waals surface area (Å²) < 4.78 is 31.6. The number of hydrogen-bond acceptors (Lipinski definition) is 4. The lowest BCUT2D eigenvalue weighted by atomic mass is 9.95. The largest absolute Gasteiger partial charge is 0.377 e. The molecule has 0 aromatic heterocycles. The van der Waals surface area contributed by atoms with Crippen molar-refractivity contribution in [3.8, 4) is 0 Å². The molecule has 3 fully saturated rings. The van der Waals surface area contributed by atoms with Gasteiger partial charge in [0, 0.05) is 30.2 Å². The number of hydrogen-bond donors (Lipinski definition) is 0. The van der Waals surface area contributed by atoms with Crippen molar-refractivity contribution in [3.05, 3.63) is 0 Å². The summed E-state index contributed by atoms with van der Waals surface area (Å²) in [5.41, 5.74) is 0. The molecule has 0 N–H and O–H groups in total. The van der Waals surface area contributed by atoms with E-state index in [-0.39, 0.29) is 10.5 Å². The van der Waals surface area contributed by atoms with Gasteiger partial charge in [0.25, 0.3) is 0 Å². The Morgan fingerprint density at radius 2 is 2.11 bits per heavy atom. The van der Waals surface area contributed by atoms with Crippen LogP contribution in [-0.2, 0) is 14.8 Å². The summed E-state index contributed by atoms with van der Waals surface area (Å²) in [5.74, 6) is 2.13. The Hall–Kier alpha value is 0.220. The van der Waals surface area contributed by atoms with Crippen LogP contribution in [0.1, 0.15) is 32.6 Å². The molecule has 3 aliphatic rings. The highest BCUT2D eigenvalue weighted by Gasteiger charge is 2.52. The molecular weight excluding hydrogens is 282 g/mol. The molecule has 1 aliphatic carbocycles. The van der Waals surface area contributed by atoms with Gasteiger partial charge in [-0.1, -0.05) is 6.92 Å². The summed E-state index contributed by atoms with van der Waals surface area (Å²) in [7, 11) is -2.99. The van der Waals surface area contributed by atoms with Gasteiger partial charge in [-0.3, -0.25) is 0 Å². The van der Waals surface area contributed by atoms with Gasteiger partial charge in [0.15, 0.2) is 0 Å². The lowest BCUT2D eigenvalue weighted by molar-refractivity contribution is 0.0446. The Bertz CT molecular complexity index is 427. The number of ether oxygens (including phenoxy) is 1. The van der Waals surface area contributed by atoms with Crippen molar-refractivity contribution in [2.45, 2.75) is 43.5 Å². The summed E-state index contributed by atoms with van der Waals surface area (Å²) in [6.45, 7) is 4.23. The first-order valence-electron chi connectivity index (χ1n) is 7.26. The van der Waals surface area contributed by atoms with E-state index in [1.807, 2.05) is 18.7 Å². The number of sulfonamides is 1. The Morgan fingerprint density at radius 3 is 2.74 bits per heavy atom. The third kappa shape index (κ3) is 3.12. The molecular formula is C13H23NO3S2. The standard InChI is InChI=1S/C13H23NO3S2/c1-2-5-19(15,16)14-9-13(10-14)6-12(8-18-13)17-7-11-3-4-11/h11-12H,2-10H2,1H3/t12-/m1/s1. The Kier molecular flexibility index (Phi) is 3.88. The SMILES string of the molecule is CCCS(=O)(=O)N1CC2(C[C@@H](OCC3CC3)CS2)C1. The van der Waals surface area contributed by atoms with Crippen LogP contribution >= 0.6 is 11.8 Å². The first-order valence-corrected chi connectivity index (χ1v) is 9.86. The number of thioether (sulfide) groups is 1. The normalized spacial score (nSPS) is 30.7. The van der Waals surface area contributed by atoms with Crippen molar-refractivity contribution in [1.29, 1.82) is 0 Å². The van der Waals surface area contributed by atoms with Crippen LogP contribution in [0.5, 0.6) is 0 Å². The van der Waals surface area contributed by atoms with Crippen molar-refractivity contribution in [3.63, 3.8) is 0 Å². The molecule has 19 heavy (non-hydrogen) atoms. The van der Waals surface area contributed by atoms with Crippen molar-refractivity contribution in [2.24, 2.45) is 5.92 Å². The highest BCUT2D eigenvalue weighted by Crippen LogP contribution is 2.47. The van der Waals surface area contributed by atoms with Crippen LogP contribution in [-0.4, -0.2) is 54.8 Å². The predicted molar refractivity (Wildman–Crippen MR) is 77.9 cm³/mol. The maximum Gasteiger partial charge on any atom is 0.214 e. The molecule has 4 nitrogen and oxygen atoms in total. The van der Waals surface area contributed by atoms with Gasteiger partial charge in [-0.25, -0.2) is 8.42 Å². The number of rotatable bonds is 6. The summed E-state index contributed by atoms with van der Waals surface area (Å²) in [4.78, 5) is 0. The van der Waals surface area contributed by atoms with Gasteiger partial charge < -0.3 is 4.74 Å². The van der Waals surface area contributed by atoms with Crippen molar-refractivity contribution < 1.29 is 13.2 Å². The summed E-state index contributed by atoms with van der Waals surface area (Å²) in [6, 6.07) is 0. The molecule has 0 unspecified atom stereocenters. The minimum absolute atomic E-state index is 0.162. The fourth-order valence-corrected chi connectivity index (χ4v) is 6.24. The molecule has 6 heteroatoms. The molecule has 2 aliphatic heterocycles. The Balaban J connectivity index is 1.46. The topological polar surface area (TPSA) is 46.6 Å². The second-order valence-corrected chi connectivity index (χ2v) is 9.76. The number of nitrogens with zero attached hydrogens (tertiary/aromatic N) is 1. The quantitative estimate of drug-likeness (QED) is 0.749. The molecule has 1 saturated carbocycles. The van der Waals surface area contributed by atoms with Gasteiger partial charge in [-0.05, 0) is 31.6 Å². The van der Waals surface area contributed by atoms with Crippen LogP contribution in [0.2, 0.25) is 0 Å². The van der Waals surface area contributed by atoms with E-state index in [9.17, 15) is 8.42 Å². The van der Waals surface area contributed by atoms with E-state index < -0.39 is 10.0 Å². The monoisotopic (exact) mass is 305 g/mol. The highest BCUT2D eigenvalue weighted by atomic mass is 32.2. The van der Waals surface area contributed by atoms with Crippen LogP contribution < -0.4 is 0 Å². The van der Waals surface area contributed by atoms with E-state index in [4.69, 9.17) is 4.74 Å². The Labute approximate surface area is 120 Å². The van der Waals surface area contributed by atoms with Crippen molar-refractivity contribution in [1.82, 2.24) is 4.31 Å². The van der Waals surface area contributed by atoms with Gasteiger partial charge in [0.2, 0.25) is 10.0 Å². The second-order valence-electron chi connectivity index (χ2n) is 6.18. The van der Waals surface area contributed by atoms with E-state index >= 15 is 0 Å². The second kappa shape index (κ2) is 5.20. The zero-order valence-electron chi connectivity index (χ0n) is 11.5. The van der Waals surface area contributed by atoms with Gasteiger partial charge in [0.1, 0.15) is 0 Å². The summed E-state index contributed by atoms with van der Waals surface area (Å²) in [6.07, 6.45) is 4.73. The summed E-state index contributed by atoms with van der Waals surface area (Å²) in [5, 5.41) is 0. The van der Waals surface area contributed by atoms with E-state index in [1.165, 1.54) is 12.8 Å². The molecule has 0 radical (unpaired) electrons. The lowest BCUT2D eigenvalue weighted by Gasteiger charge is -2.46. The van der Waals surface area contributed by atoms with Gasteiger partial charge in [-0.2, -0.15) is 4.31 Å². The summed E-state index contributed by atoms with van der Waals surface area (Å²) >= 11 is 1.92. The van der Waals surface area contributed by atoms with Gasteiger partial charge in [-0.15, -0.1) is 11.8 Å². The van der Waals surface area contributed by atoms with Crippen LogP contribution in [0.4, 0.5) is 0 Å². The van der Waals surface area contributed by atoms with Gasteiger partial charge >= 0.3 is 0 Å². The third-order valence-corrected chi connectivity index (χ3v) is 7.77. The average Bonchev–Trinajstić information content (AvgIpc) is 3.02. The Morgan fingerprint density at radius 1 is 1.37 bits per heavy atom. The molecule has 0 aromatic carbocycles. The van der Waals surface area contributed by atoms with E-state index in [0.717, 1.165) is 24.7 Å². The van der Waals surface area contributed by atoms with E-state index in [2.05, 4.69) is 0 Å². The smallest absolute Gasteiger partial charge is 0.214 e. The van der Waals surface area contributed by atoms with Gasteiger partial charge in [0.05, 0.1) is 11.9 Å². The molecule has 0 aromatic rings. The third-order valence-electron chi connectivity index (χ3n) is 4.22. The van der Waals surface area contributed by atoms with E-state index in [0.29, 0.717) is 25.6 Å². The molecule has 0 amide bonds. The maximum atomic E-state index is 11.9. The molecule has 1 atom stereocenters. The fourth-order valence-electron chi connectivity index (χ4n) is 2.87. The van der Waals surface area contributed by atoms with Crippen LogP contribution in [0, 0.1) is 5.92 Å². The first-order chi connectivity index (χ1) is 9.03. The van der Waals surface area contributed by atoms with Crippen LogP contribution in [0.15, 0.2) is 0 Å². The molecule has 2 saturated heterocycles. The molecule has 1 spiro atoms. The zero-order chi connectivity index (χ0) is 13.5. The van der Waals surface area contributed by atoms with E-state index in [1.54, 1.807) is 4.31 Å². The molecule has 2 heterocycles. The average molecular weight is 305 g/mol. The highest BCUT2D eigenvalue weighted by molar-refractivity contribution is 8.01. The lowest BCUT2D eigenvalue weighted by Crippen LogP contribution is -2.61. The molecule has 0 bridgehead atoms. The molecule has 110 valence electrons. The van der Waals surface area contributed by atoms with Crippen LogP contribution in [0.25, 0.3) is 0 Å². The maximum absolute atomic E-state index is 11.9. The minimum atomic E-state index is -2.99. The fraction of sp³-hybridized carbons (Fsp3) is 1.00. The van der Waals surface area contributed by atoms with Crippen LogP contribution in [0.3, 0.4) is 0 Å². The zero-order valence-corrected chi connectivity index (χ0v) is 13.1. The van der Waals surface area contributed by atoms with Crippen molar-refractivity contribution in [2.75, 3.05) is 31.2 Å². The van der Waals surface area contributed by atoms with Crippen molar-refractivity contribution >= 4 is 21.8 Å². The first kappa shape index (κ1) is 14.2. The molecule has 3 rings (SSSR count). The minimum Gasteiger partial charge on any atom is -0.377 e.